The van der Waals surface area contributed by atoms with Crippen molar-refractivity contribution in [1.29, 1.82) is 0 Å². The number of nitrogens with zero attached hydrogens (tertiary/aromatic N) is 1. The molecule has 0 atom stereocenters. The molecule has 5 nitrogen and oxygen atoms in total. The standard InChI is InChI=1S/C14H17N3O2/c1-9(2)15-14-16-12(8-13(18)17-14)10-4-6-11(19-3)7-5-10/h4-9H,1-3H3,(H2,15,16,17,18). The lowest BCUT2D eigenvalue weighted by molar-refractivity contribution is 0.415. The summed E-state index contributed by atoms with van der Waals surface area (Å²) in [5, 5.41) is 3.09. The molecule has 2 rings (SSSR count). The Balaban J connectivity index is 2.37. The molecule has 0 amide bonds. The summed E-state index contributed by atoms with van der Waals surface area (Å²) in [6.45, 7) is 3.97. The van der Waals surface area contributed by atoms with Crippen LogP contribution in [-0.2, 0) is 0 Å². The summed E-state index contributed by atoms with van der Waals surface area (Å²) in [4.78, 5) is 18.7. The van der Waals surface area contributed by atoms with E-state index in [0.717, 1.165) is 11.3 Å². The summed E-state index contributed by atoms with van der Waals surface area (Å²) >= 11 is 0. The third-order valence-electron chi connectivity index (χ3n) is 2.55. The highest BCUT2D eigenvalue weighted by Crippen LogP contribution is 2.20. The van der Waals surface area contributed by atoms with E-state index in [9.17, 15) is 4.79 Å². The first-order valence-corrected chi connectivity index (χ1v) is 6.11. The van der Waals surface area contributed by atoms with Crippen molar-refractivity contribution in [3.8, 4) is 17.0 Å². The molecular formula is C14H17N3O2. The minimum atomic E-state index is -0.177. The highest BCUT2D eigenvalue weighted by Gasteiger charge is 2.05. The minimum Gasteiger partial charge on any atom is -0.497 e. The van der Waals surface area contributed by atoms with Crippen LogP contribution in [0.5, 0.6) is 5.75 Å². The monoisotopic (exact) mass is 259 g/mol. The van der Waals surface area contributed by atoms with E-state index in [2.05, 4.69) is 15.3 Å². The van der Waals surface area contributed by atoms with Gasteiger partial charge in [-0.25, -0.2) is 4.98 Å². The van der Waals surface area contributed by atoms with Crippen molar-refractivity contribution in [2.45, 2.75) is 19.9 Å². The zero-order chi connectivity index (χ0) is 13.8. The third-order valence-corrected chi connectivity index (χ3v) is 2.55. The first kappa shape index (κ1) is 13.1. The van der Waals surface area contributed by atoms with Crippen LogP contribution in [0.15, 0.2) is 35.1 Å². The molecule has 0 unspecified atom stereocenters. The molecule has 1 aromatic heterocycles. The average molecular weight is 259 g/mol. The topological polar surface area (TPSA) is 67.0 Å². The Morgan fingerprint density at radius 3 is 2.53 bits per heavy atom. The number of H-pyrrole nitrogens is 1. The molecule has 2 N–H and O–H groups in total. The second-order valence-electron chi connectivity index (χ2n) is 4.51. The van der Waals surface area contributed by atoms with Crippen molar-refractivity contribution in [2.75, 3.05) is 12.4 Å². The number of methoxy groups -OCH3 is 1. The quantitative estimate of drug-likeness (QED) is 0.884. The number of hydrogen-bond acceptors (Lipinski definition) is 4. The zero-order valence-electron chi connectivity index (χ0n) is 11.2. The summed E-state index contributed by atoms with van der Waals surface area (Å²) in [6.07, 6.45) is 0. The SMILES string of the molecule is COc1ccc(-c2cc(=O)[nH]c(NC(C)C)n2)cc1. The van der Waals surface area contributed by atoms with Gasteiger partial charge in [-0.3, -0.25) is 9.78 Å². The van der Waals surface area contributed by atoms with Crippen molar-refractivity contribution in [3.05, 3.63) is 40.7 Å². The number of aromatic nitrogens is 2. The smallest absolute Gasteiger partial charge is 0.252 e. The lowest BCUT2D eigenvalue weighted by Gasteiger charge is -2.10. The number of anilines is 1. The van der Waals surface area contributed by atoms with E-state index >= 15 is 0 Å². The molecule has 0 radical (unpaired) electrons. The average Bonchev–Trinajstić information content (AvgIpc) is 2.37. The number of nitrogens with one attached hydrogen (secondary N) is 2. The Morgan fingerprint density at radius 2 is 1.95 bits per heavy atom. The normalized spacial score (nSPS) is 10.5. The van der Waals surface area contributed by atoms with Gasteiger partial charge in [-0.2, -0.15) is 0 Å². The van der Waals surface area contributed by atoms with E-state index in [1.807, 2.05) is 38.1 Å². The predicted octanol–water partition coefficient (Wildman–Crippen LogP) is 2.27. The van der Waals surface area contributed by atoms with E-state index in [1.165, 1.54) is 6.07 Å². The van der Waals surface area contributed by atoms with E-state index < -0.39 is 0 Å². The van der Waals surface area contributed by atoms with Gasteiger partial charge in [0.15, 0.2) is 0 Å². The van der Waals surface area contributed by atoms with Crippen LogP contribution in [0, 0.1) is 0 Å². The number of ether oxygens (including phenoxy) is 1. The van der Waals surface area contributed by atoms with Crippen molar-refractivity contribution in [3.63, 3.8) is 0 Å². The van der Waals surface area contributed by atoms with Gasteiger partial charge in [0.05, 0.1) is 12.8 Å². The van der Waals surface area contributed by atoms with E-state index in [0.29, 0.717) is 11.6 Å². The fourth-order valence-electron chi connectivity index (χ4n) is 1.71. The minimum absolute atomic E-state index is 0.177. The van der Waals surface area contributed by atoms with Crippen LogP contribution in [0.25, 0.3) is 11.3 Å². The van der Waals surface area contributed by atoms with Crippen LogP contribution in [0.4, 0.5) is 5.95 Å². The Bertz CT molecular complexity index is 603. The highest BCUT2D eigenvalue weighted by molar-refractivity contribution is 5.60. The van der Waals surface area contributed by atoms with E-state index in [-0.39, 0.29) is 11.6 Å². The third kappa shape index (κ3) is 3.34. The van der Waals surface area contributed by atoms with Gasteiger partial charge < -0.3 is 10.1 Å². The fourth-order valence-corrected chi connectivity index (χ4v) is 1.71. The van der Waals surface area contributed by atoms with Crippen molar-refractivity contribution in [2.24, 2.45) is 0 Å². The highest BCUT2D eigenvalue weighted by atomic mass is 16.5. The Kier molecular flexibility index (Phi) is 3.85. The number of benzene rings is 1. The van der Waals surface area contributed by atoms with Crippen molar-refractivity contribution in [1.82, 2.24) is 9.97 Å². The molecule has 0 aliphatic rings. The van der Waals surface area contributed by atoms with Crippen LogP contribution in [0.2, 0.25) is 0 Å². The number of aromatic amines is 1. The van der Waals surface area contributed by atoms with Gasteiger partial charge in [-0.15, -0.1) is 0 Å². The maximum Gasteiger partial charge on any atom is 0.252 e. The maximum absolute atomic E-state index is 11.6. The van der Waals surface area contributed by atoms with Crippen molar-refractivity contribution < 1.29 is 4.74 Å². The first-order valence-electron chi connectivity index (χ1n) is 6.11. The zero-order valence-corrected chi connectivity index (χ0v) is 11.2. The Hall–Kier alpha value is -2.30. The van der Waals surface area contributed by atoms with Crippen LogP contribution in [-0.4, -0.2) is 23.1 Å². The summed E-state index contributed by atoms with van der Waals surface area (Å²) in [6, 6.07) is 9.11. The lowest BCUT2D eigenvalue weighted by atomic mass is 10.1. The van der Waals surface area contributed by atoms with Gasteiger partial charge in [0.1, 0.15) is 5.75 Å². The van der Waals surface area contributed by atoms with Gasteiger partial charge >= 0.3 is 0 Å². The van der Waals surface area contributed by atoms with Gasteiger partial charge in [-0.1, -0.05) is 0 Å². The number of hydrogen-bond donors (Lipinski definition) is 2. The lowest BCUT2D eigenvalue weighted by Crippen LogP contribution is -2.17. The summed E-state index contributed by atoms with van der Waals surface area (Å²) in [5.74, 6) is 1.25. The summed E-state index contributed by atoms with van der Waals surface area (Å²) in [7, 11) is 1.62. The summed E-state index contributed by atoms with van der Waals surface area (Å²) < 4.78 is 5.10. The van der Waals surface area contributed by atoms with Crippen LogP contribution in [0.1, 0.15) is 13.8 Å². The molecule has 0 aliphatic carbocycles. The van der Waals surface area contributed by atoms with Crippen LogP contribution < -0.4 is 15.6 Å². The molecule has 0 saturated carbocycles. The van der Waals surface area contributed by atoms with Crippen LogP contribution >= 0.6 is 0 Å². The Morgan fingerprint density at radius 1 is 1.26 bits per heavy atom. The van der Waals surface area contributed by atoms with Crippen molar-refractivity contribution >= 4 is 5.95 Å². The molecule has 0 saturated heterocycles. The second-order valence-corrected chi connectivity index (χ2v) is 4.51. The number of rotatable bonds is 4. The predicted molar refractivity (Wildman–Crippen MR) is 75.6 cm³/mol. The molecule has 0 aliphatic heterocycles. The molecule has 0 bridgehead atoms. The molecule has 2 aromatic rings. The van der Waals surface area contributed by atoms with Gasteiger partial charge in [0, 0.05) is 17.7 Å². The van der Waals surface area contributed by atoms with Gasteiger partial charge in [0.2, 0.25) is 5.95 Å². The molecule has 1 aromatic carbocycles. The fraction of sp³-hybridized carbons (Fsp3) is 0.286. The summed E-state index contributed by atoms with van der Waals surface area (Å²) in [5.41, 5.74) is 1.33. The first-order chi connectivity index (χ1) is 9.08. The molecular weight excluding hydrogens is 242 g/mol. The van der Waals surface area contributed by atoms with Gasteiger partial charge in [-0.05, 0) is 38.1 Å². The molecule has 19 heavy (non-hydrogen) atoms. The molecule has 5 heteroatoms. The maximum atomic E-state index is 11.6. The molecule has 0 spiro atoms. The Labute approximate surface area is 111 Å². The second kappa shape index (κ2) is 5.56. The van der Waals surface area contributed by atoms with Crippen LogP contribution in [0.3, 0.4) is 0 Å². The van der Waals surface area contributed by atoms with Gasteiger partial charge in [0.25, 0.3) is 5.56 Å². The molecule has 1 heterocycles. The molecule has 100 valence electrons. The van der Waals surface area contributed by atoms with E-state index in [4.69, 9.17) is 4.74 Å². The molecule has 0 fully saturated rings. The largest absolute Gasteiger partial charge is 0.497 e. The van der Waals surface area contributed by atoms with E-state index in [1.54, 1.807) is 7.11 Å².